The molecule has 0 atom stereocenters. The quantitative estimate of drug-likeness (QED) is 0.541. The monoisotopic (exact) mass is 364 g/mol. The van der Waals surface area contributed by atoms with Crippen LogP contribution in [0.3, 0.4) is 0 Å². The first-order chi connectivity index (χ1) is 12.6. The number of rotatable bonds is 3. The predicted molar refractivity (Wildman–Crippen MR) is 99.1 cm³/mol. The highest BCUT2D eigenvalue weighted by atomic mass is 35.5. The van der Waals surface area contributed by atoms with Crippen molar-refractivity contribution >= 4 is 34.1 Å². The number of hydrogen-bond acceptors (Lipinski definition) is 5. The highest BCUT2D eigenvalue weighted by Gasteiger charge is 2.15. The number of carbonyl (C=O) groups excluding carboxylic acids is 1. The number of tetrazole rings is 1. The topological polar surface area (TPSA) is 96.5 Å². The van der Waals surface area contributed by atoms with Gasteiger partial charge in [0, 0.05) is 16.6 Å². The Morgan fingerprint density at radius 2 is 2.00 bits per heavy atom. The summed E-state index contributed by atoms with van der Waals surface area (Å²) in [4.78, 5) is 17.0. The molecule has 0 spiro atoms. The third-order valence-electron chi connectivity index (χ3n) is 3.97. The van der Waals surface area contributed by atoms with Crippen LogP contribution in [-0.2, 0) is 0 Å². The van der Waals surface area contributed by atoms with E-state index < -0.39 is 0 Å². The van der Waals surface area contributed by atoms with Crippen molar-refractivity contribution in [1.82, 2.24) is 25.6 Å². The number of halogens is 1. The number of aryl methyl sites for hydroxylation is 1. The zero-order valence-electron chi connectivity index (χ0n) is 13.7. The number of aromatic amines is 1. The van der Waals surface area contributed by atoms with Gasteiger partial charge < -0.3 is 5.32 Å². The molecule has 0 aliphatic heterocycles. The number of amides is 1. The molecule has 0 aliphatic carbocycles. The summed E-state index contributed by atoms with van der Waals surface area (Å²) in [6.45, 7) is 1.95. The number of nitrogens with zero attached hydrogens (tertiary/aromatic N) is 4. The summed E-state index contributed by atoms with van der Waals surface area (Å²) in [6, 6.07) is 14.7. The fourth-order valence-corrected chi connectivity index (χ4v) is 2.93. The van der Waals surface area contributed by atoms with Crippen LogP contribution in [0.2, 0.25) is 5.15 Å². The van der Waals surface area contributed by atoms with E-state index in [0.29, 0.717) is 17.1 Å². The van der Waals surface area contributed by atoms with Crippen LogP contribution < -0.4 is 5.32 Å². The van der Waals surface area contributed by atoms with Crippen LogP contribution >= 0.6 is 11.6 Å². The molecule has 4 aromatic rings. The maximum Gasteiger partial charge on any atom is 0.258 e. The zero-order valence-corrected chi connectivity index (χ0v) is 14.4. The number of carbonyl (C=O) groups is 1. The van der Waals surface area contributed by atoms with E-state index in [1.165, 1.54) is 0 Å². The van der Waals surface area contributed by atoms with Gasteiger partial charge >= 0.3 is 0 Å². The molecule has 1 amide bonds. The van der Waals surface area contributed by atoms with Crippen LogP contribution in [0.5, 0.6) is 0 Å². The highest BCUT2D eigenvalue weighted by Crippen LogP contribution is 2.24. The van der Waals surface area contributed by atoms with Gasteiger partial charge in [-0.15, -0.1) is 10.2 Å². The number of benzene rings is 2. The Hall–Kier alpha value is -3.32. The average molecular weight is 365 g/mol. The van der Waals surface area contributed by atoms with E-state index in [9.17, 15) is 4.79 Å². The molecule has 0 saturated heterocycles. The second-order valence-electron chi connectivity index (χ2n) is 5.74. The van der Waals surface area contributed by atoms with Crippen molar-refractivity contribution in [3.05, 3.63) is 64.8 Å². The maximum atomic E-state index is 12.7. The minimum absolute atomic E-state index is 0.165. The highest BCUT2D eigenvalue weighted by molar-refractivity contribution is 6.33. The first kappa shape index (κ1) is 16.2. The third-order valence-corrected chi connectivity index (χ3v) is 4.26. The molecule has 2 aromatic carbocycles. The molecular formula is C18H13ClN6O. The minimum Gasteiger partial charge on any atom is -0.322 e. The van der Waals surface area contributed by atoms with Gasteiger partial charge in [0.25, 0.3) is 5.91 Å². The fourth-order valence-electron chi connectivity index (χ4n) is 2.70. The van der Waals surface area contributed by atoms with Gasteiger partial charge in [-0.3, -0.25) is 4.79 Å². The lowest BCUT2D eigenvalue weighted by molar-refractivity contribution is 0.102. The molecule has 0 aliphatic rings. The Bertz CT molecular complexity index is 1110. The molecule has 4 rings (SSSR count). The van der Waals surface area contributed by atoms with Gasteiger partial charge in [0.1, 0.15) is 5.15 Å². The molecule has 2 N–H and O–H groups in total. The second kappa shape index (κ2) is 6.53. The summed E-state index contributed by atoms with van der Waals surface area (Å²) in [5.74, 6) is 0.109. The lowest BCUT2D eigenvalue weighted by Gasteiger charge is -2.09. The molecule has 8 heteroatoms. The summed E-state index contributed by atoms with van der Waals surface area (Å²) in [7, 11) is 0. The van der Waals surface area contributed by atoms with Crippen molar-refractivity contribution in [2.75, 3.05) is 5.32 Å². The number of nitrogens with one attached hydrogen (secondary N) is 2. The molecule has 7 nitrogen and oxygen atoms in total. The molecular weight excluding hydrogens is 352 g/mol. The summed E-state index contributed by atoms with van der Waals surface area (Å²) < 4.78 is 0. The Balaban J connectivity index is 1.66. The van der Waals surface area contributed by atoms with Crippen molar-refractivity contribution in [1.29, 1.82) is 0 Å². The largest absolute Gasteiger partial charge is 0.322 e. The number of para-hydroxylation sites is 1. The third kappa shape index (κ3) is 3.00. The fraction of sp³-hybridized carbons (Fsp3) is 0.0556. The van der Waals surface area contributed by atoms with Crippen LogP contribution in [0, 0.1) is 6.92 Å². The second-order valence-corrected chi connectivity index (χ2v) is 6.10. The molecule has 0 unspecified atom stereocenters. The summed E-state index contributed by atoms with van der Waals surface area (Å²) in [5.41, 5.74) is 3.43. The van der Waals surface area contributed by atoms with E-state index in [-0.39, 0.29) is 11.1 Å². The van der Waals surface area contributed by atoms with Crippen molar-refractivity contribution in [2.24, 2.45) is 0 Å². The Kier molecular flexibility index (Phi) is 4.06. The van der Waals surface area contributed by atoms with Crippen molar-refractivity contribution in [3.63, 3.8) is 0 Å². The van der Waals surface area contributed by atoms with E-state index in [4.69, 9.17) is 11.6 Å². The van der Waals surface area contributed by atoms with E-state index in [1.54, 1.807) is 24.3 Å². The van der Waals surface area contributed by atoms with E-state index >= 15 is 0 Å². The molecule has 128 valence electrons. The first-order valence-corrected chi connectivity index (χ1v) is 8.21. The van der Waals surface area contributed by atoms with Gasteiger partial charge in [-0.05, 0) is 35.9 Å². The van der Waals surface area contributed by atoms with Crippen LogP contribution in [0.25, 0.3) is 22.3 Å². The Morgan fingerprint density at radius 3 is 2.81 bits per heavy atom. The predicted octanol–water partition coefficient (Wildman–Crippen LogP) is 3.63. The number of pyridine rings is 1. The summed E-state index contributed by atoms with van der Waals surface area (Å²) in [6.07, 6.45) is 0. The van der Waals surface area contributed by atoms with Crippen LogP contribution in [-0.4, -0.2) is 31.5 Å². The smallest absolute Gasteiger partial charge is 0.258 e. The van der Waals surface area contributed by atoms with Gasteiger partial charge in [-0.25, -0.2) is 4.98 Å². The lowest BCUT2D eigenvalue weighted by Crippen LogP contribution is -2.13. The van der Waals surface area contributed by atoms with Crippen LogP contribution in [0.4, 0.5) is 5.69 Å². The standard InChI is InChI=1S/C18H13ClN6O/c1-10-4-2-5-11-9-14(16(19)21-15(10)11)18(26)20-13-7-3-6-12(8-13)17-22-24-25-23-17/h2-9H,1H3,(H,20,26)(H,22,23,24,25). The van der Waals surface area contributed by atoms with E-state index in [0.717, 1.165) is 22.0 Å². The molecule has 2 aromatic heterocycles. The Labute approximate surface area is 153 Å². The lowest BCUT2D eigenvalue weighted by atomic mass is 10.1. The van der Waals surface area contributed by atoms with Crippen LogP contribution in [0.15, 0.2) is 48.5 Å². The van der Waals surface area contributed by atoms with Crippen LogP contribution in [0.1, 0.15) is 15.9 Å². The maximum absolute atomic E-state index is 12.7. The normalized spacial score (nSPS) is 10.8. The first-order valence-electron chi connectivity index (χ1n) is 7.83. The van der Waals surface area contributed by atoms with Gasteiger partial charge in [-0.1, -0.05) is 41.9 Å². The van der Waals surface area contributed by atoms with E-state index in [2.05, 4.69) is 30.9 Å². The Morgan fingerprint density at radius 1 is 1.15 bits per heavy atom. The molecule has 26 heavy (non-hydrogen) atoms. The van der Waals surface area contributed by atoms with Crippen molar-refractivity contribution in [3.8, 4) is 11.4 Å². The van der Waals surface area contributed by atoms with E-state index in [1.807, 2.05) is 31.2 Å². The van der Waals surface area contributed by atoms with Crippen molar-refractivity contribution in [2.45, 2.75) is 6.92 Å². The number of aromatic nitrogens is 5. The SMILES string of the molecule is Cc1cccc2cc(C(=O)Nc3cccc(-c4nn[nH]n4)c3)c(Cl)nc12. The number of H-pyrrole nitrogens is 1. The molecule has 0 fully saturated rings. The molecule has 0 saturated carbocycles. The van der Waals surface area contributed by atoms with Gasteiger partial charge in [-0.2, -0.15) is 5.21 Å². The van der Waals surface area contributed by atoms with Gasteiger partial charge in [0.2, 0.25) is 5.82 Å². The number of anilines is 1. The van der Waals surface area contributed by atoms with Gasteiger partial charge in [0.15, 0.2) is 0 Å². The summed E-state index contributed by atoms with van der Waals surface area (Å²) in [5, 5.41) is 17.7. The number of hydrogen-bond donors (Lipinski definition) is 2. The minimum atomic E-state index is -0.337. The number of fused-ring (bicyclic) bond motifs is 1. The average Bonchev–Trinajstić information content (AvgIpc) is 3.17. The molecule has 0 bridgehead atoms. The summed E-state index contributed by atoms with van der Waals surface area (Å²) >= 11 is 6.24. The zero-order chi connectivity index (χ0) is 18.1. The van der Waals surface area contributed by atoms with Gasteiger partial charge in [0.05, 0.1) is 11.1 Å². The molecule has 0 radical (unpaired) electrons. The van der Waals surface area contributed by atoms with Crippen molar-refractivity contribution < 1.29 is 4.79 Å². The molecule has 2 heterocycles.